The lowest BCUT2D eigenvalue weighted by Crippen LogP contribution is -2.29. The highest BCUT2D eigenvalue weighted by Crippen LogP contribution is 2.23. The molecule has 0 spiro atoms. The third-order valence-electron chi connectivity index (χ3n) is 3.83. The maximum absolute atomic E-state index is 12.7. The maximum Gasteiger partial charge on any atom is 0.335 e. The predicted molar refractivity (Wildman–Crippen MR) is 92.6 cm³/mol. The summed E-state index contributed by atoms with van der Waals surface area (Å²) < 4.78 is 28.0. The first-order chi connectivity index (χ1) is 11.3. The smallest absolute Gasteiger partial charge is 0.335 e. The Bertz CT molecular complexity index is 816. The normalized spacial score (nSPS) is 12.8. The first-order valence-corrected chi connectivity index (χ1v) is 9.24. The van der Waals surface area contributed by atoms with Crippen molar-refractivity contribution in [3.8, 4) is 0 Å². The number of aryl methyl sites for hydroxylation is 1. The van der Waals surface area contributed by atoms with Crippen molar-refractivity contribution in [2.75, 3.05) is 0 Å². The highest BCUT2D eigenvalue weighted by atomic mass is 32.2. The SMILES string of the molecule is CCC[C@@H](NS(=O)(=O)c1ccc(C)c(C(=O)O)c1)c1ccccc1. The summed E-state index contributed by atoms with van der Waals surface area (Å²) in [6.07, 6.45) is 1.47. The summed E-state index contributed by atoms with van der Waals surface area (Å²) in [5, 5.41) is 9.18. The van der Waals surface area contributed by atoms with E-state index in [1.54, 1.807) is 6.92 Å². The average molecular weight is 347 g/mol. The summed E-state index contributed by atoms with van der Waals surface area (Å²) >= 11 is 0. The molecule has 0 radical (unpaired) electrons. The van der Waals surface area contributed by atoms with Crippen LogP contribution in [0, 0.1) is 6.92 Å². The molecular formula is C18H21NO4S. The fourth-order valence-corrected chi connectivity index (χ4v) is 3.81. The monoisotopic (exact) mass is 347 g/mol. The number of aromatic carboxylic acids is 1. The molecule has 0 aliphatic carbocycles. The predicted octanol–water partition coefficient (Wildman–Crippen LogP) is 3.51. The lowest BCUT2D eigenvalue weighted by molar-refractivity contribution is 0.0696. The van der Waals surface area contributed by atoms with Gasteiger partial charge in [-0.05, 0) is 36.6 Å². The third-order valence-corrected chi connectivity index (χ3v) is 5.30. The molecule has 0 amide bonds. The van der Waals surface area contributed by atoms with Crippen LogP contribution in [0.4, 0.5) is 0 Å². The summed E-state index contributed by atoms with van der Waals surface area (Å²) in [6.45, 7) is 3.62. The van der Waals surface area contributed by atoms with Gasteiger partial charge in [-0.3, -0.25) is 0 Å². The van der Waals surface area contributed by atoms with Gasteiger partial charge in [0.1, 0.15) is 0 Å². The maximum atomic E-state index is 12.7. The van der Waals surface area contributed by atoms with Gasteiger partial charge in [-0.2, -0.15) is 0 Å². The zero-order chi connectivity index (χ0) is 17.7. The van der Waals surface area contributed by atoms with Crippen molar-refractivity contribution >= 4 is 16.0 Å². The number of rotatable bonds is 7. The molecule has 5 nitrogen and oxygen atoms in total. The molecule has 2 aromatic carbocycles. The van der Waals surface area contributed by atoms with Crippen LogP contribution in [0.15, 0.2) is 53.4 Å². The van der Waals surface area contributed by atoms with Gasteiger partial charge in [0.25, 0.3) is 0 Å². The van der Waals surface area contributed by atoms with Gasteiger partial charge in [-0.25, -0.2) is 17.9 Å². The van der Waals surface area contributed by atoms with E-state index in [1.807, 2.05) is 37.3 Å². The van der Waals surface area contributed by atoms with Crippen LogP contribution in [0.3, 0.4) is 0 Å². The Kier molecular flexibility index (Phi) is 5.75. The fraction of sp³-hybridized carbons (Fsp3) is 0.278. The Balaban J connectivity index is 2.35. The van der Waals surface area contributed by atoms with Crippen molar-refractivity contribution in [2.24, 2.45) is 0 Å². The zero-order valence-corrected chi connectivity index (χ0v) is 14.5. The lowest BCUT2D eigenvalue weighted by Gasteiger charge is -2.19. The van der Waals surface area contributed by atoms with E-state index in [-0.39, 0.29) is 16.5 Å². The van der Waals surface area contributed by atoms with Crippen molar-refractivity contribution in [1.29, 1.82) is 0 Å². The molecule has 24 heavy (non-hydrogen) atoms. The van der Waals surface area contributed by atoms with E-state index in [0.29, 0.717) is 12.0 Å². The first-order valence-electron chi connectivity index (χ1n) is 7.76. The summed E-state index contributed by atoms with van der Waals surface area (Å²) in [4.78, 5) is 11.2. The number of hydrogen-bond acceptors (Lipinski definition) is 3. The molecule has 2 N–H and O–H groups in total. The van der Waals surface area contributed by atoms with E-state index in [1.165, 1.54) is 18.2 Å². The average Bonchev–Trinajstić information content (AvgIpc) is 2.55. The molecule has 0 bridgehead atoms. The number of nitrogens with one attached hydrogen (secondary N) is 1. The molecular weight excluding hydrogens is 326 g/mol. The van der Waals surface area contributed by atoms with Crippen LogP contribution in [-0.4, -0.2) is 19.5 Å². The van der Waals surface area contributed by atoms with Gasteiger partial charge in [0, 0.05) is 6.04 Å². The molecule has 0 saturated carbocycles. The fourth-order valence-electron chi connectivity index (χ4n) is 2.52. The van der Waals surface area contributed by atoms with Crippen LogP contribution in [0.25, 0.3) is 0 Å². The molecule has 1 atom stereocenters. The van der Waals surface area contributed by atoms with Crippen molar-refractivity contribution in [3.05, 3.63) is 65.2 Å². The Hall–Kier alpha value is -2.18. The number of carboxylic acid groups (broad SMARTS) is 1. The van der Waals surface area contributed by atoms with Gasteiger partial charge in [0.2, 0.25) is 10.0 Å². The van der Waals surface area contributed by atoms with E-state index in [4.69, 9.17) is 0 Å². The Morgan fingerprint density at radius 1 is 1.17 bits per heavy atom. The molecule has 128 valence electrons. The molecule has 0 fully saturated rings. The van der Waals surface area contributed by atoms with Crippen LogP contribution in [0.5, 0.6) is 0 Å². The van der Waals surface area contributed by atoms with Gasteiger partial charge in [0.15, 0.2) is 0 Å². The zero-order valence-electron chi connectivity index (χ0n) is 13.7. The minimum Gasteiger partial charge on any atom is -0.478 e. The minimum atomic E-state index is -3.82. The summed E-state index contributed by atoms with van der Waals surface area (Å²) in [7, 11) is -3.82. The molecule has 0 saturated heterocycles. The van der Waals surface area contributed by atoms with Gasteiger partial charge in [-0.1, -0.05) is 49.7 Å². The largest absolute Gasteiger partial charge is 0.478 e. The number of hydrogen-bond donors (Lipinski definition) is 2. The second-order valence-corrected chi connectivity index (χ2v) is 7.37. The van der Waals surface area contributed by atoms with Gasteiger partial charge in [-0.15, -0.1) is 0 Å². The Labute approximate surface area is 142 Å². The highest BCUT2D eigenvalue weighted by molar-refractivity contribution is 7.89. The van der Waals surface area contributed by atoms with Crippen molar-refractivity contribution in [2.45, 2.75) is 37.6 Å². The van der Waals surface area contributed by atoms with E-state index in [2.05, 4.69) is 4.72 Å². The number of carbonyl (C=O) groups is 1. The first kappa shape index (κ1) is 18.2. The van der Waals surface area contributed by atoms with Crippen LogP contribution in [0.2, 0.25) is 0 Å². The second kappa shape index (κ2) is 7.59. The molecule has 0 heterocycles. The van der Waals surface area contributed by atoms with Crippen LogP contribution < -0.4 is 4.72 Å². The summed E-state index contributed by atoms with van der Waals surface area (Å²) in [5.41, 5.74) is 1.40. The number of carboxylic acids is 1. The minimum absolute atomic E-state index is 0.00960. The summed E-state index contributed by atoms with van der Waals surface area (Å²) in [6, 6.07) is 13.1. The van der Waals surface area contributed by atoms with Crippen molar-refractivity contribution in [3.63, 3.8) is 0 Å². The van der Waals surface area contributed by atoms with E-state index >= 15 is 0 Å². The lowest BCUT2D eigenvalue weighted by atomic mass is 10.0. The second-order valence-electron chi connectivity index (χ2n) is 5.66. The molecule has 2 rings (SSSR count). The van der Waals surface area contributed by atoms with Crippen LogP contribution >= 0.6 is 0 Å². The number of sulfonamides is 1. The molecule has 0 aromatic heterocycles. The number of benzene rings is 2. The van der Waals surface area contributed by atoms with Gasteiger partial charge < -0.3 is 5.11 Å². The van der Waals surface area contributed by atoms with Crippen LogP contribution in [-0.2, 0) is 10.0 Å². The molecule has 2 aromatic rings. The topological polar surface area (TPSA) is 83.5 Å². The van der Waals surface area contributed by atoms with E-state index < -0.39 is 16.0 Å². The van der Waals surface area contributed by atoms with Crippen LogP contribution in [0.1, 0.15) is 47.3 Å². The van der Waals surface area contributed by atoms with E-state index in [9.17, 15) is 18.3 Å². The molecule has 0 unspecified atom stereocenters. The Morgan fingerprint density at radius 2 is 1.83 bits per heavy atom. The third kappa shape index (κ3) is 4.21. The highest BCUT2D eigenvalue weighted by Gasteiger charge is 2.22. The quantitative estimate of drug-likeness (QED) is 0.803. The molecule has 0 aliphatic rings. The molecule has 6 heteroatoms. The van der Waals surface area contributed by atoms with E-state index in [0.717, 1.165) is 12.0 Å². The molecule has 0 aliphatic heterocycles. The van der Waals surface area contributed by atoms with Crippen molar-refractivity contribution in [1.82, 2.24) is 4.72 Å². The van der Waals surface area contributed by atoms with Crippen molar-refractivity contribution < 1.29 is 18.3 Å². The van der Waals surface area contributed by atoms with Gasteiger partial charge >= 0.3 is 5.97 Å². The van der Waals surface area contributed by atoms with Gasteiger partial charge in [0.05, 0.1) is 10.5 Å². The Morgan fingerprint density at radius 3 is 2.42 bits per heavy atom. The standard InChI is InChI=1S/C18H21NO4S/c1-3-7-17(14-8-5-4-6-9-14)19-24(22,23)15-11-10-13(2)16(12-15)18(20)21/h4-6,8-12,17,19H,3,7H2,1-2H3,(H,20,21)/t17-/m1/s1. The summed E-state index contributed by atoms with van der Waals surface area (Å²) in [5.74, 6) is -1.14.